The van der Waals surface area contributed by atoms with Gasteiger partial charge in [0.05, 0.1) is 0 Å². The average molecular weight is 698 g/mol. The smallest absolute Gasteiger partial charge is 0.321 e. The van der Waals surface area contributed by atoms with E-state index in [1.807, 2.05) is 0 Å². The van der Waals surface area contributed by atoms with E-state index < -0.39 is 80.1 Å². The van der Waals surface area contributed by atoms with E-state index in [2.05, 4.69) is 0 Å². The van der Waals surface area contributed by atoms with Crippen molar-refractivity contribution in [2.75, 3.05) is 0 Å². The van der Waals surface area contributed by atoms with Gasteiger partial charge in [-0.1, -0.05) is 0 Å². The molecular formula is C12F26O2Si. The Morgan fingerprint density at radius 2 is 0.707 bits per heavy atom. The molecule has 0 saturated carbocycles. The first-order valence-corrected chi connectivity index (χ1v) is 10.0. The first-order chi connectivity index (χ1) is 17.3. The Bertz CT molecular complexity index is 980. The van der Waals surface area contributed by atoms with Gasteiger partial charge in [0.25, 0.3) is 0 Å². The minimum Gasteiger partial charge on any atom is -0.321 e. The van der Waals surface area contributed by atoms with Crippen molar-refractivity contribution in [1.82, 2.24) is 0 Å². The molecule has 2 nitrogen and oxygen atoms in total. The molecule has 1 unspecified atom stereocenters. The summed E-state index contributed by atoms with van der Waals surface area (Å²) in [5, 5.41) is 0. The fraction of sp³-hybridized carbons (Fsp3) is 0.833. The van der Waals surface area contributed by atoms with Crippen LogP contribution in [-0.2, 0) is 8.85 Å². The average Bonchev–Trinajstić information content (AvgIpc) is 2.68. The van der Waals surface area contributed by atoms with E-state index >= 15 is 0 Å². The van der Waals surface area contributed by atoms with Crippen LogP contribution in [0.2, 0.25) is 0 Å². The van der Waals surface area contributed by atoms with Gasteiger partial charge in [0.2, 0.25) is 5.45 Å². The van der Waals surface area contributed by atoms with Gasteiger partial charge in [0, 0.05) is 0 Å². The Morgan fingerprint density at radius 1 is 0.390 bits per heavy atom. The molecule has 0 aliphatic heterocycles. The van der Waals surface area contributed by atoms with Gasteiger partial charge in [-0.2, -0.15) is 96.6 Å². The van der Waals surface area contributed by atoms with Crippen molar-refractivity contribution in [2.24, 2.45) is 0 Å². The van der Waals surface area contributed by atoms with Crippen molar-refractivity contribution < 1.29 is 123 Å². The first kappa shape index (κ1) is 39.1. The van der Waals surface area contributed by atoms with Crippen LogP contribution in [0.3, 0.4) is 0 Å². The van der Waals surface area contributed by atoms with Crippen LogP contribution in [0.15, 0.2) is 11.5 Å². The molecule has 0 aliphatic carbocycles. The lowest BCUT2D eigenvalue weighted by molar-refractivity contribution is -0.468. The maximum Gasteiger partial charge on any atom is 0.514 e. The quantitative estimate of drug-likeness (QED) is 0.168. The van der Waals surface area contributed by atoms with Gasteiger partial charge < -0.3 is 4.43 Å². The molecular weight excluding hydrogens is 698 g/mol. The highest BCUT2D eigenvalue weighted by Crippen LogP contribution is 2.63. The fourth-order valence-corrected chi connectivity index (χ4v) is 4.24. The van der Waals surface area contributed by atoms with E-state index in [0.717, 1.165) is 0 Å². The molecule has 1 atom stereocenters. The van der Waals surface area contributed by atoms with Crippen LogP contribution in [0.25, 0.3) is 0 Å². The minimum atomic E-state index is -10.4. The van der Waals surface area contributed by atoms with E-state index in [0.29, 0.717) is 0 Å². The Kier molecular flexibility index (Phi) is 9.59. The molecule has 0 rings (SSSR count). The molecule has 0 aliphatic rings. The molecule has 0 radical (unpaired) electrons. The summed E-state index contributed by atoms with van der Waals surface area (Å²) in [5.74, 6) is -45.6. The van der Waals surface area contributed by atoms with E-state index in [4.69, 9.17) is 0 Å². The van der Waals surface area contributed by atoms with Gasteiger partial charge in [0.15, 0.2) is 0 Å². The Morgan fingerprint density at radius 3 is 0.976 bits per heavy atom. The third-order valence-electron chi connectivity index (χ3n) is 4.05. The van der Waals surface area contributed by atoms with Crippen LogP contribution in [0.4, 0.5) is 114 Å². The summed E-state index contributed by atoms with van der Waals surface area (Å²) < 4.78 is 339. The Labute approximate surface area is 204 Å². The molecule has 0 heterocycles. The summed E-state index contributed by atoms with van der Waals surface area (Å²) in [7, 11) is -10.4. The van der Waals surface area contributed by atoms with Crippen LogP contribution in [0.1, 0.15) is 0 Å². The van der Waals surface area contributed by atoms with Crippen molar-refractivity contribution in [2.45, 2.75) is 60.0 Å². The molecule has 41 heavy (non-hydrogen) atoms. The zero-order chi connectivity index (χ0) is 34.1. The van der Waals surface area contributed by atoms with Crippen LogP contribution in [-0.4, -0.2) is 68.5 Å². The van der Waals surface area contributed by atoms with Crippen LogP contribution in [0, 0.1) is 0 Å². The molecule has 29 heteroatoms. The van der Waals surface area contributed by atoms with Crippen LogP contribution >= 0.6 is 0 Å². The van der Waals surface area contributed by atoms with E-state index in [1.165, 1.54) is 8.85 Å². The second kappa shape index (κ2) is 10.1. The molecule has 0 saturated heterocycles. The normalized spacial score (nSPS) is 17.4. The number of hydrogen-bond acceptors (Lipinski definition) is 2. The Hall–Kier alpha value is -1.94. The van der Waals surface area contributed by atoms with Crippen molar-refractivity contribution in [3.8, 4) is 0 Å². The number of rotatable bonds is 10. The lowest BCUT2D eigenvalue weighted by atomic mass is 9.93. The molecule has 0 bridgehead atoms. The maximum absolute atomic E-state index is 13.8. The monoisotopic (exact) mass is 698 g/mol. The zero-order valence-corrected chi connectivity index (χ0v) is 18.1. The SMILES string of the molecule is FC(F)=C(F)[Si](OC(F)(F)F)(OC(F)(F)C(F)(F)C(F)(F)C(F)(F)C(F)(F)C(F)(F)C(F)(F)F)C(F)(F)C(F)(F)F. The van der Waals surface area contributed by atoms with Gasteiger partial charge >= 0.3 is 74.6 Å². The van der Waals surface area contributed by atoms with Gasteiger partial charge in [-0.15, -0.1) is 13.2 Å². The van der Waals surface area contributed by atoms with E-state index in [1.54, 1.807) is 0 Å². The fourth-order valence-electron chi connectivity index (χ4n) is 2.05. The van der Waals surface area contributed by atoms with Gasteiger partial charge in [-0.05, 0) is 0 Å². The zero-order valence-electron chi connectivity index (χ0n) is 17.1. The lowest BCUT2D eigenvalue weighted by Gasteiger charge is -2.43. The van der Waals surface area contributed by atoms with Gasteiger partial charge in [-0.3, -0.25) is 4.43 Å². The molecule has 0 spiro atoms. The van der Waals surface area contributed by atoms with Crippen molar-refractivity contribution in [1.29, 1.82) is 0 Å². The summed E-state index contributed by atoms with van der Waals surface area (Å²) >= 11 is 0. The summed E-state index contributed by atoms with van der Waals surface area (Å²) in [6.07, 6.45) is -38.1. The van der Waals surface area contributed by atoms with E-state index in [-0.39, 0.29) is 0 Å². The van der Waals surface area contributed by atoms with Crippen molar-refractivity contribution >= 4 is 8.56 Å². The number of alkyl halides is 23. The van der Waals surface area contributed by atoms with Gasteiger partial charge in [0.1, 0.15) is 0 Å². The third-order valence-corrected chi connectivity index (χ3v) is 6.99. The second-order valence-corrected chi connectivity index (χ2v) is 9.51. The molecule has 0 aromatic heterocycles. The lowest BCUT2D eigenvalue weighted by Crippen LogP contribution is -2.75. The minimum absolute atomic E-state index is 1.29. The van der Waals surface area contributed by atoms with Crippen molar-refractivity contribution in [3.63, 3.8) is 0 Å². The van der Waals surface area contributed by atoms with Gasteiger partial charge in [-0.25, -0.2) is 4.39 Å². The third kappa shape index (κ3) is 5.84. The molecule has 0 aromatic carbocycles. The van der Waals surface area contributed by atoms with Crippen molar-refractivity contribution in [3.05, 3.63) is 11.5 Å². The summed E-state index contributed by atoms with van der Waals surface area (Å²) in [4.78, 5) is 0. The summed E-state index contributed by atoms with van der Waals surface area (Å²) in [6.45, 7) is 0. The number of hydrogen-bond donors (Lipinski definition) is 0. The second-order valence-electron chi connectivity index (χ2n) is 6.80. The molecule has 0 amide bonds. The predicted octanol–water partition coefficient (Wildman–Crippen LogP) is 8.67. The highest BCUT2D eigenvalue weighted by Gasteiger charge is 2.95. The largest absolute Gasteiger partial charge is 0.514 e. The highest BCUT2D eigenvalue weighted by atomic mass is 28.4. The highest BCUT2D eigenvalue weighted by molar-refractivity contribution is 6.77. The molecule has 246 valence electrons. The summed E-state index contributed by atoms with van der Waals surface area (Å²) in [6, 6.07) is 0. The number of halogens is 26. The first-order valence-electron chi connectivity index (χ1n) is 8.23. The topological polar surface area (TPSA) is 18.5 Å². The Balaban J connectivity index is 7.67. The molecule has 0 aromatic rings. The molecule has 0 fully saturated rings. The van der Waals surface area contributed by atoms with E-state index in [9.17, 15) is 114 Å². The predicted molar refractivity (Wildman–Crippen MR) is 71.1 cm³/mol. The van der Waals surface area contributed by atoms with Crippen LogP contribution in [0.5, 0.6) is 0 Å². The molecule has 0 N–H and O–H groups in total. The standard InChI is InChI=1S/C12F26O2Si/c13-1(14)2(15)41(40-12(36,37)38,11(34,35)9(29,30)31)39-10(32,33)7(24,25)5(20,21)3(16,17)4(18,19)6(22,23)8(26,27)28. The van der Waals surface area contributed by atoms with Crippen LogP contribution < -0.4 is 0 Å². The maximum atomic E-state index is 13.8. The summed E-state index contributed by atoms with van der Waals surface area (Å²) in [5.41, 5.74) is -13.8.